The summed E-state index contributed by atoms with van der Waals surface area (Å²) >= 11 is 0. The van der Waals surface area contributed by atoms with E-state index < -0.39 is 0 Å². The minimum absolute atomic E-state index is 0.00133. The molecule has 1 aliphatic heterocycles. The van der Waals surface area contributed by atoms with E-state index in [0.29, 0.717) is 12.5 Å². The van der Waals surface area contributed by atoms with Gasteiger partial charge in [0.05, 0.1) is 18.6 Å². The number of amides is 1. The van der Waals surface area contributed by atoms with Crippen molar-refractivity contribution in [1.82, 2.24) is 19.4 Å². The topological polar surface area (TPSA) is 50.6 Å². The van der Waals surface area contributed by atoms with Crippen molar-refractivity contribution in [2.45, 2.75) is 26.6 Å². The van der Waals surface area contributed by atoms with Gasteiger partial charge >= 0.3 is 0 Å². The van der Waals surface area contributed by atoms with E-state index in [0.717, 1.165) is 26.2 Å². The van der Waals surface area contributed by atoms with Crippen LogP contribution in [-0.2, 0) is 29.2 Å². The number of ether oxygens (including phenoxy) is 1. The van der Waals surface area contributed by atoms with Gasteiger partial charge in [-0.15, -0.1) is 0 Å². The lowest BCUT2D eigenvalue weighted by Gasteiger charge is -2.24. The molecule has 1 amide bonds. The molecule has 2 aromatic rings. The molecule has 1 aromatic heterocycles. The Balaban J connectivity index is 1.65. The Labute approximate surface area is 155 Å². The van der Waals surface area contributed by atoms with Crippen molar-refractivity contribution < 1.29 is 9.53 Å². The van der Waals surface area contributed by atoms with Gasteiger partial charge in [-0.2, -0.15) is 0 Å². The molecule has 0 spiro atoms. The fourth-order valence-electron chi connectivity index (χ4n) is 3.38. The largest absolute Gasteiger partial charge is 0.371 e. The van der Waals surface area contributed by atoms with Gasteiger partial charge in [-0.25, -0.2) is 4.98 Å². The molecule has 0 radical (unpaired) electrons. The smallest absolute Gasteiger partial charge is 0.248 e. The standard InChI is InChI=1S/C20H28N4O2/c1-16-5-4-6-17(7-16)9-23-10-18(13-26-14-20(25)22(2)3)11-24-15-21-8-19(24)12-23/h4-8,15,18H,9-14H2,1-3H3/t18-/m1/s1. The Morgan fingerprint density at radius 2 is 2.19 bits per heavy atom. The summed E-state index contributed by atoms with van der Waals surface area (Å²) in [5, 5.41) is 0. The van der Waals surface area contributed by atoms with E-state index in [9.17, 15) is 4.79 Å². The number of aryl methyl sites for hydroxylation is 1. The molecule has 6 nitrogen and oxygen atoms in total. The molecular weight excluding hydrogens is 328 g/mol. The Morgan fingerprint density at radius 3 is 2.96 bits per heavy atom. The fraction of sp³-hybridized carbons (Fsp3) is 0.500. The number of fused-ring (bicyclic) bond motifs is 1. The van der Waals surface area contributed by atoms with E-state index in [1.54, 1.807) is 19.0 Å². The molecule has 0 N–H and O–H groups in total. The molecule has 0 aliphatic carbocycles. The first-order valence-corrected chi connectivity index (χ1v) is 9.06. The second-order valence-electron chi connectivity index (χ2n) is 7.37. The molecule has 140 valence electrons. The van der Waals surface area contributed by atoms with Gasteiger partial charge in [-0.05, 0) is 12.5 Å². The Bertz CT molecular complexity index is 741. The van der Waals surface area contributed by atoms with Gasteiger partial charge in [0.25, 0.3) is 0 Å². The third kappa shape index (κ3) is 4.93. The first kappa shape index (κ1) is 18.6. The number of aromatic nitrogens is 2. The highest BCUT2D eigenvalue weighted by Crippen LogP contribution is 2.19. The highest BCUT2D eigenvalue weighted by Gasteiger charge is 2.22. The number of likely N-dealkylation sites (N-methyl/N-ethyl adjacent to an activating group) is 1. The Morgan fingerprint density at radius 1 is 1.35 bits per heavy atom. The van der Waals surface area contributed by atoms with Crippen molar-refractivity contribution in [3.63, 3.8) is 0 Å². The third-order valence-corrected chi connectivity index (χ3v) is 4.72. The normalized spacial score (nSPS) is 17.6. The molecule has 1 atom stereocenters. The predicted molar refractivity (Wildman–Crippen MR) is 101 cm³/mol. The van der Waals surface area contributed by atoms with Gasteiger partial charge in [0.1, 0.15) is 6.61 Å². The lowest BCUT2D eigenvalue weighted by molar-refractivity contribution is -0.134. The minimum Gasteiger partial charge on any atom is -0.371 e. The van der Waals surface area contributed by atoms with Crippen LogP contribution in [0.15, 0.2) is 36.8 Å². The van der Waals surface area contributed by atoms with E-state index in [4.69, 9.17) is 4.74 Å². The zero-order valence-electron chi connectivity index (χ0n) is 15.9. The van der Waals surface area contributed by atoms with Gasteiger partial charge < -0.3 is 14.2 Å². The number of imidazole rings is 1. The van der Waals surface area contributed by atoms with Crippen molar-refractivity contribution in [3.8, 4) is 0 Å². The van der Waals surface area contributed by atoms with Crippen LogP contribution in [0, 0.1) is 12.8 Å². The molecule has 0 saturated heterocycles. The third-order valence-electron chi connectivity index (χ3n) is 4.72. The van der Waals surface area contributed by atoms with Crippen molar-refractivity contribution in [3.05, 3.63) is 53.6 Å². The SMILES string of the molecule is Cc1cccc(CN2Cc3cncn3C[C@H](COCC(=O)N(C)C)C2)c1. The molecule has 1 aromatic carbocycles. The summed E-state index contributed by atoms with van der Waals surface area (Å²) in [6.45, 7) is 6.42. The lowest BCUT2D eigenvalue weighted by Crippen LogP contribution is -2.32. The average molecular weight is 356 g/mol. The molecular formula is C20H28N4O2. The van der Waals surface area contributed by atoms with Crippen LogP contribution in [0.1, 0.15) is 16.8 Å². The van der Waals surface area contributed by atoms with Crippen molar-refractivity contribution in [2.75, 3.05) is 33.9 Å². The zero-order chi connectivity index (χ0) is 18.5. The van der Waals surface area contributed by atoms with Gasteiger partial charge in [0.15, 0.2) is 0 Å². The fourth-order valence-corrected chi connectivity index (χ4v) is 3.38. The number of carbonyl (C=O) groups excluding carboxylic acids is 1. The molecule has 1 aliphatic rings. The van der Waals surface area contributed by atoms with Crippen LogP contribution in [0.5, 0.6) is 0 Å². The second-order valence-corrected chi connectivity index (χ2v) is 7.37. The summed E-state index contributed by atoms with van der Waals surface area (Å²) in [5.74, 6) is 0.323. The highest BCUT2D eigenvalue weighted by atomic mass is 16.5. The summed E-state index contributed by atoms with van der Waals surface area (Å²) in [5.41, 5.74) is 3.83. The van der Waals surface area contributed by atoms with E-state index in [2.05, 4.69) is 45.6 Å². The van der Waals surface area contributed by atoms with Crippen LogP contribution in [0.4, 0.5) is 0 Å². The van der Waals surface area contributed by atoms with Crippen molar-refractivity contribution in [1.29, 1.82) is 0 Å². The number of carbonyl (C=O) groups is 1. The van der Waals surface area contributed by atoms with E-state index in [-0.39, 0.29) is 12.5 Å². The molecule has 6 heteroatoms. The molecule has 2 heterocycles. The summed E-state index contributed by atoms with van der Waals surface area (Å²) in [7, 11) is 3.50. The number of nitrogens with zero attached hydrogens (tertiary/aromatic N) is 4. The van der Waals surface area contributed by atoms with Crippen LogP contribution in [-0.4, -0.2) is 59.1 Å². The first-order chi connectivity index (χ1) is 12.5. The number of rotatable bonds is 6. The quantitative estimate of drug-likeness (QED) is 0.794. The lowest BCUT2D eigenvalue weighted by atomic mass is 10.1. The molecule has 0 unspecified atom stereocenters. The number of benzene rings is 1. The molecule has 0 bridgehead atoms. The minimum atomic E-state index is -0.00133. The van der Waals surface area contributed by atoms with Gasteiger partial charge in [-0.3, -0.25) is 9.69 Å². The highest BCUT2D eigenvalue weighted by molar-refractivity contribution is 5.76. The van der Waals surface area contributed by atoms with Gasteiger partial charge in [-0.1, -0.05) is 29.8 Å². The van der Waals surface area contributed by atoms with Gasteiger partial charge in [0, 0.05) is 52.4 Å². The van der Waals surface area contributed by atoms with E-state index >= 15 is 0 Å². The number of hydrogen-bond acceptors (Lipinski definition) is 4. The Hall–Kier alpha value is -2.18. The second kappa shape index (κ2) is 8.47. The maximum absolute atomic E-state index is 11.7. The zero-order valence-corrected chi connectivity index (χ0v) is 15.9. The molecule has 0 fully saturated rings. The monoisotopic (exact) mass is 356 g/mol. The van der Waals surface area contributed by atoms with Crippen LogP contribution in [0.3, 0.4) is 0 Å². The van der Waals surface area contributed by atoms with Crippen molar-refractivity contribution in [2.24, 2.45) is 5.92 Å². The number of hydrogen-bond donors (Lipinski definition) is 0. The maximum atomic E-state index is 11.7. The maximum Gasteiger partial charge on any atom is 0.248 e. The van der Waals surface area contributed by atoms with Gasteiger partial charge in [0.2, 0.25) is 5.91 Å². The molecule has 0 saturated carbocycles. The predicted octanol–water partition coefficient (Wildman–Crippen LogP) is 1.93. The van der Waals surface area contributed by atoms with Crippen LogP contribution in [0.25, 0.3) is 0 Å². The van der Waals surface area contributed by atoms with Crippen LogP contribution in [0.2, 0.25) is 0 Å². The first-order valence-electron chi connectivity index (χ1n) is 9.06. The van der Waals surface area contributed by atoms with E-state index in [1.807, 2.05) is 12.5 Å². The molecule has 3 rings (SSSR count). The summed E-state index contributed by atoms with van der Waals surface area (Å²) in [4.78, 5) is 20.0. The average Bonchev–Trinajstić information content (AvgIpc) is 2.94. The van der Waals surface area contributed by atoms with Crippen LogP contribution >= 0.6 is 0 Å². The van der Waals surface area contributed by atoms with E-state index in [1.165, 1.54) is 16.8 Å². The summed E-state index contributed by atoms with van der Waals surface area (Å²) in [6, 6.07) is 8.65. The Kier molecular flexibility index (Phi) is 6.06. The van der Waals surface area contributed by atoms with Crippen LogP contribution < -0.4 is 0 Å². The summed E-state index contributed by atoms with van der Waals surface area (Å²) < 4.78 is 7.92. The van der Waals surface area contributed by atoms with Crippen molar-refractivity contribution >= 4 is 5.91 Å². The summed E-state index contributed by atoms with van der Waals surface area (Å²) in [6.07, 6.45) is 3.84. The molecule has 26 heavy (non-hydrogen) atoms.